The Morgan fingerprint density at radius 1 is 1.00 bits per heavy atom. The number of carbonyl (C=O) groups excluding carboxylic acids is 3. The van der Waals surface area contributed by atoms with E-state index >= 15 is 4.39 Å². The van der Waals surface area contributed by atoms with Gasteiger partial charge in [0.2, 0.25) is 17.6 Å². The number of hydrogen-bond donors (Lipinski definition) is 2. The summed E-state index contributed by atoms with van der Waals surface area (Å²) in [6.07, 6.45) is 4.11. The van der Waals surface area contributed by atoms with Gasteiger partial charge in [-0.1, -0.05) is 70.4 Å². The molecule has 0 unspecified atom stereocenters. The minimum absolute atomic E-state index is 0.0157. The van der Waals surface area contributed by atoms with E-state index in [1.807, 2.05) is 0 Å². The smallest absolute Gasteiger partial charge is 0.269 e. The molecule has 3 aromatic carbocycles. The summed E-state index contributed by atoms with van der Waals surface area (Å²) in [6, 6.07) is 17.4. The zero-order chi connectivity index (χ0) is 32.4. The second-order valence-electron chi connectivity index (χ2n) is 10.4. The van der Waals surface area contributed by atoms with Gasteiger partial charge < -0.3 is 16.0 Å². The molecule has 6 rings (SSSR count). The lowest BCUT2D eigenvalue weighted by Crippen LogP contribution is -2.46. The van der Waals surface area contributed by atoms with Gasteiger partial charge in [0.25, 0.3) is 5.91 Å². The number of nitrogens with two attached hydrogens (primary N) is 1. The second kappa shape index (κ2) is 13.2. The van der Waals surface area contributed by atoms with Crippen molar-refractivity contribution in [2.75, 3.05) is 5.32 Å². The van der Waals surface area contributed by atoms with E-state index in [-0.39, 0.29) is 27.5 Å². The Morgan fingerprint density at radius 2 is 1.76 bits per heavy atom. The van der Waals surface area contributed by atoms with Crippen LogP contribution in [0.4, 0.5) is 10.1 Å². The minimum Gasteiger partial charge on any atom is -0.364 e. The first-order valence-electron chi connectivity index (χ1n) is 14.1. The van der Waals surface area contributed by atoms with Crippen molar-refractivity contribution in [3.8, 4) is 23.0 Å². The van der Waals surface area contributed by atoms with Crippen LogP contribution in [0.5, 0.6) is 0 Å². The van der Waals surface area contributed by atoms with Gasteiger partial charge in [-0.3, -0.25) is 19.1 Å². The van der Waals surface area contributed by atoms with E-state index in [1.54, 1.807) is 73.1 Å². The summed E-state index contributed by atoms with van der Waals surface area (Å²) in [5.74, 6) is 3.85. The number of amides is 3. The Labute approximate surface area is 281 Å². The molecule has 0 bridgehead atoms. The number of benzene rings is 3. The molecule has 1 fully saturated rings. The first kappa shape index (κ1) is 31.1. The number of nitrogens with zero attached hydrogens (tertiary/aromatic N) is 5. The molecule has 3 amide bonds. The van der Waals surface area contributed by atoms with Crippen LogP contribution in [0.1, 0.15) is 34.7 Å². The Hall–Kier alpha value is -4.87. The second-order valence-corrected chi connectivity index (χ2v) is 12.2. The van der Waals surface area contributed by atoms with Crippen molar-refractivity contribution in [2.45, 2.75) is 29.5 Å². The van der Waals surface area contributed by atoms with Crippen LogP contribution in [0.3, 0.4) is 0 Å². The van der Waals surface area contributed by atoms with Gasteiger partial charge in [0.15, 0.2) is 11.5 Å². The predicted molar refractivity (Wildman–Crippen MR) is 179 cm³/mol. The molecule has 0 radical (unpaired) electrons. The molecular formula is C33H24ClFIN7O3. The zero-order valence-corrected chi connectivity index (χ0v) is 26.9. The first-order chi connectivity index (χ1) is 22.2. The van der Waals surface area contributed by atoms with Crippen LogP contribution in [0.25, 0.3) is 22.0 Å². The number of fused-ring (bicyclic) bond motifs is 1. The van der Waals surface area contributed by atoms with Crippen molar-refractivity contribution < 1.29 is 18.8 Å². The molecule has 3 heterocycles. The number of halogens is 3. The fourth-order valence-electron chi connectivity index (χ4n) is 5.35. The number of rotatable bonds is 6. The van der Waals surface area contributed by atoms with Gasteiger partial charge in [-0.2, -0.15) is 5.10 Å². The van der Waals surface area contributed by atoms with E-state index in [1.165, 1.54) is 15.6 Å². The van der Waals surface area contributed by atoms with Gasteiger partial charge in [-0.05, 0) is 55.2 Å². The number of alkyl halides is 1. The van der Waals surface area contributed by atoms with Crippen LogP contribution in [-0.2, 0) is 16.1 Å². The number of nitrogens with one attached hydrogen (secondary N) is 1. The Morgan fingerprint density at radius 3 is 2.52 bits per heavy atom. The van der Waals surface area contributed by atoms with Crippen LogP contribution in [0.2, 0.25) is 5.02 Å². The van der Waals surface area contributed by atoms with E-state index in [0.717, 1.165) is 0 Å². The molecule has 0 spiro atoms. The lowest BCUT2D eigenvalue weighted by Gasteiger charge is -2.27. The molecule has 46 heavy (non-hydrogen) atoms. The summed E-state index contributed by atoms with van der Waals surface area (Å²) in [7, 11) is 0. The highest BCUT2D eigenvalue weighted by molar-refractivity contribution is 14.1. The molecular weight excluding hydrogens is 724 g/mol. The van der Waals surface area contributed by atoms with Gasteiger partial charge >= 0.3 is 0 Å². The summed E-state index contributed by atoms with van der Waals surface area (Å²) in [5.41, 5.74) is 7.40. The molecule has 1 saturated heterocycles. The fourth-order valence-corrected chi connectivity index (χ4v) is 6.65. The third-order valence-corrected chi connectivity index (χ3v) is 9.03. The van der Waals surface area contributed by atoms with Gasteiger partial charge in [0, 0.05) is 39.5 Å². The minimum atomic E-state index is -0.850. The van der Waals surface area contributed by atoms with Crippen molar-refractivity contribution >= 4 is 68.5 Å². The van der Waals surface area contributed by atoms with E-state index in [4.69, 9.17) is 17.3 Å². The van der Waals surface area contributed by atoms with Crippen molar-refractivity contribution in [1.29, 1.82) is 0 Å². The third kappa shape index (κ3) is 6.29. The van der Waals surface area contributed by atoms with E-state index in [2.05, 4.69) is 54.8 Å². The number of anilines is 1. The molecule has 3 N–H and O–H groups in total. The normalized spacial score (nSPS) is 15.8. The number of aromatic nitrogens is 4. The first-order valence-corrected chi connectivity index (χ1v) is 15.7. The van der Waals surface area contributed by atoms with Gasteiger partial charge in [0.05, 0.1) is 15.3 Å². The van der Waals surface area contributed by atoms with Crippen LogP contribution in [0, 0.1) is 17.7 Å². The summed E-state index contributed by atoms with van der Waals surface area (Å²) < 4.78 is 16.7. The zero-order valence-electron chi connectivity index (χ0n) is 24.0. The molecule has 5 aromatic rings. The monoisotopic (exact) mass is 747 g/mol. The van der Waals surface area contributed by atoms with E-state index < -0.39 is 29.6 Å². The average Bonchev–Trinajstić information content (AvgIpc) is 3.62. The van der Waals surface area contributed by atoms with Crippen molar-refractivity contribution in [2.24, 2.45) is 5.73 Å². The predicted octanol–water partition coefficient (Wildman–Crippen LogP) is 5.18. The molecule has 2 aromatic heterocycles. The largest absolute Gasteiger partial charge is 0.364 e. The molecule has 0 aliphatic carbocycles. The maximum Gasteiger partial charge on any atom is 0.269 e. The van der Waals surface area contributed by atoms with Crippen molar-refractivity contribution in [3.05, 3.63) is 107 Å². The lowest BCUT2D eigenvalue weighted by atomic mass is 10.0. The number of likely N-dealkylation sites (tertiary alicyclic amines) is 1. The Kier molecular flexibility index (Phi) is 8.96. The maximum atomic E-state index is 15.6. The van der Waals surface area contributed by atoms with Crippen molar-refractivity contribution in [1.82, 2.24) is 24.6 Å². The number of carbonyl (C=O) groups is 3. The fraction of sp³-hybridized carbons (Fsp3) is 0.152. The average molecular weight is 748 g/mol. The highest BCUT2D eigenvalue weighted by atomic mass is 127. The van der Waals surface area contributed by atoms with Crippen LogP contribution >= 0.6 is 34.2 Å². The molecule has 230 valence electrons. The molecule has 1 aliphatic heterocycles. The SMILES string of the molecule is NC(=O)c1nn(CC(=O)N2[C@H](I)CC[C@H]2C(=O)Nc2cccc(-c3ccccc3Cl)c2F)c2ccc(C#Cc3ncccn3)cc12. The van der Waals surface area contributed by atoms with Gasteiger partial charge in [-0.15, -0.1) is 0 Å². The van der Waals surface area contributed by atoms with E-state index in [9.17, 15) is 14.4 Å². The third-order valence-electron chi connectivity index (χ3n) is 7.48. The van der Waals surface area contributed by atoms with Crippen LogP contribution in [0.15, 0.2) is 79.1 Å². The van der Waals surface area contributed by atoms with Crippen molar-refractivity contribution in [3.63, 3.8) is 0 Å². The number of hydrogen-bond acceptors (Lipinski definition) is 6. The standard InChI is InChI=1S/C33H24ClFIN7O3/c34-23-7-2-1-5-20(23)21-6-3-8-24(30(21)35)40-33(46)26-12-13-27(36)43(26)29(44)18-42-25-11-9-19(10-14-28-38-15-4-16-39-28)17-22(25)31(41-42)32(37)45/h1-9,11,15-17,26-27H,12-13,18H2,(H2,37,45)(H,40,46)/t26-,27-/m0/s1. The topological polar surface area (TPSA) is 136 Å². The molecule has 1 aliphatic rings. The summed E-state index contributed by atoms with van der Waals surface area (Å²) in [4.78, 5) is 49.1. The quantitative estimate of drug-likeness (QED) is 0.107. The lowest BCUT2D eigenvalue weighted by molar-refractivity contribution is -0.137. The number of primary amides is 1. The Balaban J connectivity index is 1.23. The molecule has 0 saturated carbocycles. The molecule has 13 heteroatoms. The van der Waals surface area contributed by atoms with Crippen LogP contribution in [-0.4, -0.2) is 52.5 Å². The summed E-state index contributed by atoms with van der Waals surface area (Å²) >= 11 is 8.40. The molecule has 10 nitrogen and oxygen atoms in total. The van der Waals surface area contributed by atoms with Gasteiger partial charge in [-0.25, -0.2) is 14.4 Å². The van der Waals surface area contributed by atoms with Crippen LogP contribution < -0.4 is 11.1 Å². The Bertz CT molecular complexity index is 2060. The summed E-state index contributed by atoms with van der Waals surface area (Å²) in [5, 5.41) is 7.81. The maximum absolute atomic E-state index is 15.6. The highest BCUT2D eigenvalue weighted by Crippen LogP contribution is 2.34. The van der Waals surface area contributed by atoms with E-state index in [0.29, 0.717) is 45.7 Å². The highest BCUT2D eigenvalue weighted by Gasteiger charge is 2.40. The molecule has 2 atom stereocenters. The van der Waals surface area contributed by atoms with Gasteiger partial charge in [0.1, 0.15) is 12.6 Å². The summed E-state index contributed by atoms with van der Waals surface area (Å²) in [6.45, 7) is -0.258.